The molecule has 0 saturated heterocycles. The third kappa shape index (κ3) is 4.16. The summed E-state index contributed by atoms with van der Waals surface area (Å²) in [5.41, 5.74) is 3.55. The molecule has 3 rings (SSSR count). The Labute approximate surface area is 150 Å². The summed E-state index contributed by atoms with van der Waals surface area (Å²) in [5, 5.41) is 8.91. The molecule has 2 aromatic carbocycles. The fraction of sp³-hybridized carbons (Fsp3) is 0.158. The van der Waals surface area contributed by atoms with E-state index < -0.39 is 0 Å². The Morgan fingerprint density at radius 1 is 1.16 bits per heavy atom. The number of hydrogen-bond donors (Lipinski definition) is 2. The van der Waals surface area contributed by atoms with Gasteiger partial charge in [-0.1, -0.05) is 31.2 Å². The van der Waals surface area contributed by atoms with Crippen LogP contribution in [0.5, 0.6) is 5.75 Å². The minimum Gasteiger partial charge on any atom is -0.495 e. The van der Waals surface area contributed by atoms with Crippen molar-refractivity contribution < 1.29 is 9.53 Å². The number of nitrogens with one attached hydrogen (secondary N) is 2. The third-order valence-electron chi connectivity index (χ3n) is 3.64. The summed E-state index contributed by atoms with van der Waals surface area (Å²) in [6.07, 6.45) is 0.464. The van der Waals surface area contributed by atoms with Crippen LogP contribution >= 0.6 is 11.3 Å². The Bertz CT molecular complexity index is 859. The lowest BCUT2D eigenvalue weighted by Gasteiger charge is -2.08. The predicted molar refractivity (Wildman–Crippen MR) is 103 cm³/mol. The van der Waals surface area contributed by atoms with E-state index in [4.69, 9.17) is 4.74 Å². The van der Waals surface area contributed by atoms with Gasteiger partial charge in [0.2, 0.25) is 5.91 Å². The number of anilines is 3. The van der Waals surface area contributed by atoms with E-state index in [0.717, 1.165) is 33.5 Å². The highest BCUT2D eigenvalue weighted by Gasteiger charge is 2.08. The maximum atomic E-state index is 11.4. The Hall–Kier alpha value is -2.86. The van der Waals surface area contributed by atoms with E-state index in [1.54, 1.807) is 7.11 Å². The molecule has 0 aliphatic rings. The molecule has 2 N–H and O–H groups in total. The average Bonchev–Trinajstić information content (AvgIpc) is 3.11. The number of nitrogens with zero attached hydrogens (tertiary/aromatic N) is 1. The van der Waals surface area contributed by atoms with E-state index in [0.29, 0.717) is 6.42 Å². The van der Waals surface area contributed by atoms with Crippen molar-refractivity contribution in [2.45, 2.75) is 13.3 Å². The second kappa shape index (κ2) is 7.81. The molecule has 25 heavy (non-hydrogen) atoms. The lowest BCUT2D eigenvalue weighted by Crippen LogP contribution is -2.08. The number of aromatic nitrogens is 1. The number of carbonyl (C=O) groups excluding carboxylic acids is 1. The lowest BCUT2D eigenvalue weighted by atomic mass is 10.1. The Morgan fingerprint density at radius 3 is 2.64 bits per heavy atom. The second-order valence-electron chi connectivity index (χ2n) is 5.34. The highest BCUT2D eigenvalue weighted by Crippen LogP contribution is 2.31. The molecule has 0 aliphatic carbocycles. The minimum atomic E-state index is 0.00435. The van der Waals surface area contributed by atoms with Crippen LogP contribution in [0, 0.1) is 0 Å². The van der Waals surface area contributed by atoms with Crippen LogP contribution in [-0.2, 0) is 4.79 Å². The number of carbonyl (C=O) groups is 1. The molecule has 0 radical (unpaired) electrons. The van der Waals surface area contributed by atoms with Gasteiger partial charge in [-0.05, 0) is 24.3 Å². The Kier molecular flexibility index (Phi) is 5.30. The van der Waals surface area contributed by atoms with Gasteiger partial charge in [-0.2, -0.15) is 0 Å². The highest BCUT2D eigenvalue weighted by molar-refractivity contribution is 7.14. The van der Waals surface area contributed by atoms with Crippen molar-refractivity contribution in [3.8, 4) is 17.0 Å². The summed E-state index contributed by atoms with van der Waals surface area (Å²) in [6.45, 7) is 1.83. The number of methoxy groups -OCH3 is 1. The smallest absolute Gasteiger partial charge is 0.224 e. The van der Waals surface area contributed by atoms with Gasteiger partial charge in [0.15, 0.2) is 5.13 Å². The van der Waals surface area contributed by atoms with E-state index in [1.807, 2.05) is 60.8 Å². The van der Waals surface area contributed by atoms with E-state index in [1.165, 1.54) is 11.3 Å². The molecule has 0 fully saturated rings. The first-order chi connectivity index (χ1) is 12.2. The zero-order chi connectivity index (χ0) is 17.6. The van der Waals surface area contributed by atoms with E-state index >= 15 is 0 Å². The number of ether oxygens (including phenoxy) is 1. The van der Waals surface area contributed by atoms with Crippen molar-refractivity contribution in [2.75, 3.05) is 17.7 Å². The van der Waals surface area contributed by atoms with Crippen molar-refractivity contribution in [1.82, 2.24) is 4.98 Å². The summed E-state index contributed by atoms with van der Waals surface area (Å²) in [4.78, 5) is 16.0. The molecule has 1 aromatic heterocycles. The largest absolute Gasteiger partial charge is 0.495 e. The summed E-state index contributed by atoms with van der Waals surface area (Å²) < 4.78 is 5.34. The molecular weight excluding hydrogens is 334 g/mol. The molecule has 0 unspecified atom stereocenters. The number of rotatable bonds is 6. The van der Waals surface area contributed by atoms with Crippen molar-refractivity contribution >= 4 is 33.8 Å². The van der Waals surface area contributed by atoms with Gasteiger partial charge in [-0.3, -0.25) is 4.79 Å². The average molecular weight is 353 g/mol. The quantitative estimate of drug-likeness (QED) is 0.661. The van der Waals surface area contributed by atoms with E-state index in [2.05, 4.69) is 15.6 Å². The van der Waals surface area contributed by atoms with E-state index in [-0.39, 0.29) is 5.91 Å². The number of para-hydroxylation sites is 2. The number of thiazole rings is 1. The van der Waals surface area contributed by atoms with Gasteiger partial charge >= 0.3 is 0 Å². The monoisotopic (exact) mass is 353 g/mol. The van der Waals surface area contributed by atoms with Crippen LogP contribution in [0.1, 0.15) is 13.3 Å². The summed E-state index contributed by atoms with van der Waals surface area (Å²) in [7, 11) is 1.65. The number of amides is 1. The topological polar surface area (TPSA) is 63.2 Å². The minimum absolute atomic E-state index is 0.00435. The van der Waals surface area contributed by atoms with Crippen LogP contribution in [0.4, 0.5) is 16.5 Å². The molecule has 0 bridgehead atoms. The second-order valence-corrected chi connectivity index (χ2v) is 6.20. The molecule has 1 amide bonds. The molecule has 0 saturated carbocycles. The summed E-state index contributed by atoms with van der Waals surface area (Å²) >= 11 is 1.53. The summed E-state index contributed by atoms with van der Waals surface area (Å²) in [6, 6.07) is 15.4. The molecule has 0 aliphatic heterocycles. The molecule has 0 atom stereocenters. The first-order valence-electron chi connectivity index (χ1n) is 7.95. The predicted octanol–water partition coefficient (Wildman–Crippen LogP) is 4.91. The van der Waals surface area contributed by atoms with Gasteiger partial charge in [0.25, 0.3) is 0 Å². The maximum Gasteiger partial charge on any atom is 0.224 e. The molecular formula is C19H19N3O2S. The summed E-state index contributed by atoms with van der Waals surface area (Å²) in [5.74, 6) is 0.778. The Balaban J connectivity index is 1.74. The lowest BCUT2D eigenvalue weighted by molar-refractivity contribution is -0.115. The first kappa shape index (κ1) is 17.0. The van der Waals surface area contributed by atoms with Crippen LogP contribution in [0.2, 0.25) is 0 Å². The van der Waals surface area contributed by atoms with Gasteiger partial charge in [0, 0.05) is 23.1 Å². The molecule has 5 nitrogen and oxygen atoms in total. The zero-order valence-electron chi connectivity index (χ0n) is 14.1. The molecule has 1 heterocycles. The standard InChI is InChI=1S/C19H19N3O2S/c1-3-18(23)20-14-10-8-13(9-11-14)16-12-25-19(22-16)21-15-6-4-5-7-17(15)24-2/h4-12H,3H2,1-2H3,(H,20,23)(H,21,22). The zero-order valence-corrected chi connectivity index (χ0v) is 14.9. The normalized spacial score (nSPS) is 10.3. The van der Waals surface area contributed by atoms with Crippen LogP contribution in [0.25, 0.3) is 11.3 Å². The molecule has 3 aromatic rings. The van der Waals surface area contributed by atoms with Gasteiger partial charge in [-0.15, -0.1) is 11.3 Å². The van der Waals surface area contributed by atoms with Crippen LogP contribution < -0.4 is 15.4 Å². The number of hydrogen-bond acceptors (Lipinski definition) is 5. The van der Waals surface area contributed by atoms with Crippen molar-refractivity contribution in [1.29, 1.82) is 0 Å². The third-order valence-corrected chi connectivity index (χ3v) is 4.40. The molecule has 0 spiro atoms. The van der Waals surface area contributed by atoms with Gasteiger partial charge < -0.3 is 15.4 Å². The van der Waals surface area contributed by atoms with Crippen molar-refractivity contribution in [2.24, 2.45) is 0 Å². The SMILES string of the molecule is CCC(=O)Nc1ccc(-c2csc(Nc3ccccc3OC)n2)cc1. The first-order valence-corrected chi connectivity index (χ1v) is 8.83. The van der Waals surface area contributed by atoms with Crippen LogP contribution in [0.15, 0.2) is 53.9 Å². The molecule has 128 valence electrons. The fourth-order valence-electron chi connectivity index (χ4n) is 2.30. The van der Waals surface area contributed by atoms with Gasteiger partial charge in [0.1, 0.15) is 5.75 Å². The van der Waals surface area contributed by atoms with Crippen LogP contribution in [-0.4, -0.2) is 18.0 Å². The highest BCUT2D eigenvalue weighted by atomic mass is 32.1. The van der Waals surface area contributed by atoms with Crippen molar-refractivity contribution in [3.63, 3.8) is 0 Å². The Morgan fingerprint density at radius 2 is 1.92 bits per heavy atom. The van der Waals surface area contributed by atoms with E-state index in [9.17, 15) is 4.79 Å². The fourth-order valence-corrected chi connectivity index (χ4v) is 3.03. The van der Waals surface area contributed by atoms with Gasteiger partial charge in [0.05, 0.1) is 18.5 Å². The van der Waals surface area contributed by atoms with Crippen LogP contribution in [0.3, 0.4) is 0 Å². The maximum absolute atomic E-state index is 11.4. The molecule has 6 heteroatoms. The van der Waals surface area contributed by atoms with Gasteiger partial charge in [-0.25, -0.2) is 4.98 Å². The van der Waals surface area contributed by atoms with Crippen molar-refractivity contribution in [3.05, 3.63) is 53.9 Å². The number of benzene rings is 2.